The van der Waals surface area contributed by atoms with Gasteiger partial charge in [0.25, 0.3) is 0 Å². The second-order valence-corrected chi connectivity index (χ2v) is 5.56. The van der Waals surface area contributed by atoms with Crippen molar-refractivity contribution in [2.75, 3.05) is 6.61 Å². The third-order valence-electron chi connectivity index (χ3n) is 2.92. The van der Waals surface area contributed by atoms with Crippen molar-refractivity contribution in [3.05, 3.63) is 27.7 Å². The Kier molecular flexibility index (Phi) is 6.31. The standard InChI is InChI=1S/C14H21BrN2O2/c1-3-12(16)8-10-7-11(15)6-9(2)14(10)19-5-4-13(17)18/h6-7,12H,3-5,8,16H2,1-2H3,(H2,17,18). The molecule has 4 nitrogen and oxygen atoms in total. The molecule has 1 unspecified atom stereocenters. The Morgan fingerprint density at radius 1 is 1.47 bits per heavy atom. The minimum atomic E-state index is -0.360. The zero-order valence-corrected chi connectivity index (χ0v) is 13.0. The predicted octanol–water partition coefficient (Wildman–Crippen LogP) is 2.29. The molecule has 0 saturated carbocycles. The third kappa shape index (κ3) is 5.20. The molecule has 19 heavy (non-hydrogen) atoms. The summed E-state index contributed by atoms with van der Waals surface area (Å²) >= 11 is 3.48. The highest BCUT2D eigenvalue weighted by Crippen LogP contribution is 2.29. The quantitative estimate of drug-likeness (QED) is 0.806. The maximum atomic E-state index is 10.8. The van der Waals surface area contributed by atoms with E-state index in [0.29, 0.717) is 6.61 Å². The maximum Gasteiger partial charge on any atom is 0.220 e. The lowest BCUT2D eigenvalue weighted by Crippen LogP contribution is -2.22. The Morgan fingerprint density at radius 2 is 2.16 bits per heavy atom. The van der Waals surface area contributed by atoms with Gasteiger partial charge in [-0.3, -0.25) is 4.79 Å². The summed E-state index contributed by atoms with van der Waals surface area (Å²) in [5.74, 6) is 0.454. The van der Waals surface area contributed by atoms with E-state index in [2.05, 4.69) is 22.9 Å². The summed E-state index contributed by atoms with van der Waals surface area (Å²) in [4.78, 5) is 10.8. The Hall–Kier alpha value is -1.07. The summed E-state index contributed by atoms with van der Waals surface area (Å²) in [6.45, 7) is 4.33. The minimum absolute atomic E-state index is 0.104. The maximum absolute atomic E-state index is 10.8. The molecule has 1 aromatic carbocycles. The summed E-state index contributed by atoms with van der Waals surface area (Å²) in [7, 11) is 0. The number of rotatable bonds is 7. The van der Waals surface area contributed by atoms with Gasteiger partial charge in [0.15, 0.2) is 0 Å². The number of amides is 1. The van der Waals surface area contributed by atoms with E-state index in [9.17, 15) is 4.79 Å². The van der Waals surface area contributed by atoms with Crippen molar-refractivity contribution in [1.82, 2.24) is 0 Å². The van der Waals surface area contributed by atoms with Gasteiger partial charge in [-0.1, -0.05) is 22.9 Å². The van der Waals surface area contributed by atoms with E-state index in [1.807, 2.05) is 19.1 Å². The van der Waals surface area contributed by atoms with Crippen molar-refractivity contribution in [1.29, 1.82) is 0 Å². The number of carbonyl (C=O) groups excluding carboxylic acids is 1. The number of aryl methyl sites for hydroxylation is 1. The smallest absolute Gasteiger partial charge is 0.220 e. The van der Waals surface area contributed by atoms with Crippen molar-refractivity contribution in [2.45, 2.75) is 39.2 Å². The van der Waals surface area contributed by atoms with Gasteiger partial charge in [-0.05, 0) is 43.0 Å². The molecule has 5 heteroatoms. The van der Waals surface area contributed by atoms with Crippen LogP contribution < -0.4 is 16.2 Å². The van der Waals surface area contributed by atoms with Gasteiger partial charge in [0.2, 0.25) is 5.91 Å². The molecule has 0 aliphatic heterocycles. The minimum Gasteiger partial charge on any atom is -0.492 e. The first-order valence-corrected chi connectivity index (χ1v) is 7.19. The molecule has 0 aliphatic rings. The summed E-state index contributed by atoms with van der Waals surface area (Å²) < 4.78 is 6.71. The van der Waals surface area contributed by atoms with Crippen LogP contribution in [-0.2, 0) is 11.2 Å². The van der Waals surface area contributed by atoms with E-state index in [1.165, 1.54) is 0 Å². The second-order valence-electron chi connectivity index (χ2n) is 4.65. The first kappa shape index (κ1) is 16.0. The summed E-state index contributed by atoms with van der Waals surface area (Å²) in [6, 6.07) is 4.11. The average molecular weight is 329 g/mol. The number of halogens is 1. The van der Waals surface area contributed by atoms with Gasteiger partial charge in [0, 0.05) is 10.5 Å². The Balaban J connectivity index is 2.89. The molecular weight excluding hydrogens is 308 g/mol. The summed E-state index contributed by atoms with van der Waals surface area (Å²) in [5, 5.41) is 0. The molecule has 1 aromatic rings. The van der Waals surface area contributed by atoms with Gasteiger partial charge < -0.3 is 16.2 Å². The van der Waals surface area contributed by atoms with Gasteiger partial charge in [-0.15, -0.1) is 0 Å². The van der Waals surface area contributed by atoms with Crippen LogP contribution in [0.25, 0.3) is 0 Å². The van der Waals surface area contributed by atoms with Crippen molar-refractivity contribution < 1.29 is 9.53 Å². The number of ether oxygens (including phenoxy) is 1. The van der Waals surface area contributed by atoms with Crippen LogP contribution in [0.5, 0.6) is 5.75 Å². The summed E-state index contributed by atoms with van der Waals surface area (Å²) in [6.07, 6.45) is 1.88. The molecule has 0 spiro atoms. The van der Waals surface area contributed by atoms with Crippen molar-refractivity contribution in [3.63, 3.8) is 0 Å². The normalized spacial score (nSPS) is 12.2. The highest BCUT2D eigenvalue weighted by atomic mass is 79.9. The molecule has 0 aliphatic carbocycles. The fraction of sp³-hybridized carbons (Fsp3) is 0.500. The number of benzene rings is 1. The van der Waals surface area contributed by atoms with Gasteiger partial charge in [-0.2, -0.15) is 0 Å². The van der Waals surface area contributed by atoms with Crippen LogP contribution in [0, 0.1) is 6.92 Å². The van der Waals surface area contributed by atoms with Crippen LogP contribution in [0.2, 0.25) is 0 Å². The molecule has 0 bridgehead atoms. The first-order chi connectivity index (χ1) is 8.93. The highest BCUT2D eigenvalue weighted by Gasteiger charge is 2.12. The predicted molar refractivity (Wildman–Crippen MR) is 80.2 cm³/mol. The van der Waals surface area contributed by atoms with Crippen LogP contribution in [0.15, 0.2) is 16.6 Å². The zero-order valence-electron chi connectivity index (χ0n) is 11.4. The Bertz CT molecular complexity index is 449. The van der Waals surface area contributed by atoms with Crippen LogP contribution in [0.3, 0.4) is 0 Å². The molecule has 1 rings (SSSR count). The molecule has 4 N–H and O–H groups in total. The molecule has 1 atom stereocenters. The molecule has 0 saturated heterocycles. The van der Waals surface area contributed by atoms with E-state index < -0.39 is 0 Å². The van der Waals surface area contributed by atoms with Crippen LogP contribution in [0.4, 0.5) is 0 Å². The monoisotopic (exact) mass is 328 g/mol. The number of hydrogen-bond acceptors (Lipinski definition) is 3. The van der Waals surface area contributed by atoms with Crippen LogP contribution in [0.1, 0.15) is 30.9 Å². The number of carbonyl (C=O) groups is 1. The topological polar surface area (TPSA) is 78.3 Å². The number of primary amides is 1. The van der Waals surface area contributed by atoms with E-state index in [4.69, 9.17) is 16.2 Å². The second kappa shape index (κ2) is 7.50. The van der Waals surface area contributed by atoms with Gasteiger partial charge in [-0.25, -0.2) is 0 Å². The Labute approximate surface area is 122 Å². The Morgan fingerprint density at radius 3 is 2.74 bits per heavy atom. The SMILES string of the molecule is CCC(N)Cc1cc(Br)cc(C)c1OCCC(N)=O. The highest BCUT2D eigenvalue weighted by molar-refractivity contribution is 9.10. The van der Waals surface area contributed by atoms with Gasteiger partial charge in [0.05, 0.1) is 13.0 Å². The van der Waals surface area contributed by atoms with E-state index in [-0.39, 0.29) is 18.4 Å². The molecule has 1 amide bonds. The van der Waals surface area contributed by atoms with Crippen LogP contribution in [-0.4, -0.2) is 18.6 Å². The molecular formula is C14H21BrN2O2. The average Bonchev–Trinajstić information content (AvgIpc) is 2.31. The van der Waals surface area contributed by atoms with E-state index in [1.54, 1.807) is 0 Å². The lowest BCUT2D eigenvalue weighted by molar-refractivity contribution is -0.118. The molecule has 106 valence electrons. The molecule has 0 aromatic heterocycles. The third-order valence-corrected chi connectivity index (χ3v) is 3.38. The fourth-order valence-corrected chi connectivity index (χ4v) is 2.46. The van der Waals surface area contributed by atoms with Crippen molar-refractivity contribution in [2.24, 2.45) is 11.5 Å². The van der Waals surface area contributed by atoms with Gasteiger partial charge in [0.1, 0.15) is 5.75 Å². The number of nitrogens with two attached hydrogens (primary N) is 2. The molecule has 0 heterocycles. The van der Waals surface area contributed by atoms with E-state index in [0.717, 1.165) is 34.2 Å². The lowest BCUT2D eigenvalue weighted by atomic mass is 10.0. The molecule has 0 fully saturated rings. The van der Waals surface area contributed by atoms with E-state index >= 15 is 0 Å². The van der Waals surface area contributed by atoms with Gasteiger partial charge >= 0.3 is 0 Å². The number of hydrogen-bond donors (Lipinski definition) is 2. The zero-order chi connectivity index (χ0) is 14.4. The molecule has 0 radical (unpaired) electrons. The first-order valence-electron chi connectivity index (χ1n) is 6.39. The fourth-order valence-electron chi connectivity index (χ4n) is 1.84. The summed E-state index contributed by atoms with van der Waals surface area (Å²) in [5.41, 5.74) is 13.2. The van der Waals surface area contributed by atoms with Crippen molar-refractivity contribution >= 4 is 21.8 Å². The lowest BCUT2D eigenvalue weighted by Gasteiger charge is -2.17. The largest absolute Gasteiger partial charge is 0.492 e. The van der Waals surface area contributed by atoms with Crippen LogP contribution >= 0.6 is 15.9 Å². The van der Waals surface area contributed by atoms with Crippen molar-refractivity contribution in [3.8, 4) is 5.75 Å².